The molecule has 1 N–H and O–H groups in total. The predicted octanol–water partition coefficient (Wildman–Crippen LogP) is 2.09. The Hall–Kier alpha value is -1.26. The van der Waals surface area contributed by atoms with Gasteiger partial charge in [0.1, 0.15) is 0 Å². The molecule has 0 aromatic heterocycles. The minimum absolute atomic E-state index is 0.201. The van der Waals surface area contributed by atoms with Crippen LogP contribution in [0.15, 0.2) is 4.99 Å². The van der Waals surface area contributed by atoms with Gasteiger partial charge in [-0.05, 0) is 37.5 Å². The van der Waals surface area contributed by atoms with Gasteiger partial charge in [-0.3, -0.25) is 9.79 Å². The molecule has 1 amide bonds. The molecule has 2 saturated heterocycles. The molecule has 22 heavy (non-hydrogen) atoms. The Kier molecular flexibility index (Phi) is 6.09. The summed E-state index contributed by atoms with van der Waals surface area (Å²) >= 11 is 0. The highest BCUT2D eigenvalue weighted by Gasteiger charge is 2.31. The van der Waals surface area contributed by atoms with Crippen molar-refractivity contribution in [3.63, 3.8) is 0 Å². The second kappa shape index (κ2) is 7.84. The van der Waals surface area contributed by atoms with Crippen LogP contribution in [-0.4, -0.2) is 61.4 Å². The number of carbonyl (C=O) groups is 1. The zero-order chi connectivity index (χ0) is 16.0. The molecule has 5 heteroatoms. The summed E-state index contributed by atoms with van der Waals surface area (Å²) < 4.78 is 0. The van der Waals surface area contributed by atoms with Crippen LogP contribution in [0.3, 0.4) is 0 Å². The van der Waals surface area contributed by atoms with Crippen LogP contribution in [0.25, 0.3) is 0 Å². The molecule has 1 unspecified atom stereocenters. The van der Waals surface area contributed by atoms with E-state index in [1.165, 1.54) is 25.7 Å². The minimum Gasteiger partial charge on any atom is -0.347 e. The molecule has 0 saturated carbocycles. The number of guanidine groups is 1. The second-order valence-corrected chi connectivity index (χ2v) is 7.07. The monoisotopic (exact) mass is 308 g/mol. The summed E-state index contributed by atoms with van der Waals surface area (Å²) in [6, 6.07) is 0. The molecule has 0 radical (unpaired) electrons. The summed E-state index contributed by atoms with van der Waals surface area (Å²) in [5.74, 6) is 1.08. The Morgan fingerprint density at radius 2 is 1.86 bits per heavy atom. The van der Waals surface area contributed by atoms with Crippen LogP contribution in [0.4, 0.5) is 0 Å². The third kappa shape index (κ3) is 4.37. The number of hydrogen-bond acceptors (Lipinski definition) is 2. The van der Waals surface area contributed by atoms with Crippen molar-refractivity contribution in [2.75, 3.05) is 39.8 Å². The summed E-state index contributed by atoms with van der Waals surface area (Å²) in [6.45, 7) is 8.91. The van der Waals surface area contributed by atoms with Crippen LogP contribution in [0, 0.1) is 5.41 Å². The van der Waals surface area contributed by atoms with Gasteiger partial charge >= 0.3 is 0 Å². The topological polar surface area (TPSA) is 47.9 Å². The van der Waals surface area contributed by atoms with E-state index >= 15 is 0 Å². The minimum atomic E-state index is 0.201. The number of hydrogen-bond donors (Lipinski definition) is 1. The zero-order valence-electron chi connectivity index (χ0n) is 14.5. The maximum Gasteiger partial charge on any atom is 0.241 e. The lowest BCUT2D eigenvalue weighted by Gasteiger charge is -2.42. The highest BCUT2D eigenvalue weighted by atomic mass is 16.2. The summed E-state index contributed by atoms with van der Waals surface area (Å²) in [6.07, 6.45) is 7.26. The van der Waals surface area contributed by atoms with Gasteiger partial charge in [0.15, 0.2) is 5.96 Å². The largest absolute Gasteiger partial charge is 0.347 e. The quantitative estimate of drug-likeness (QED) is 0.639. The van der Waals surface area contributed by atoms with Crippen LogP contribution in [0.2, 0.25) is 0 Å². The lowest BCUT2D eigenvalue weighted by molar-refractivity contribution is -0.128. The maximum atomic E-state index is 12.2. The summed E-state index contributed by atoms with van der Waals surface area (Å²) in [4.78, 5) is 20.9. The predicted molar refractivity (Wildman–Crippen MR) is 91.0 cm³/mol. The van der Waals surface area contributed by atoms with E-state index in [-0.39, 0.29) is 5.91 Å². The third-order valence-electron chi connectivity index (χ3n) is 5.00. The molecule has 1 atom stereocenters. The second-order valence-electron chi connectivity index (χ2n) is 7.07. The molecule has 0 spiro atoms. The Balaban J connectivity index is 1.86. The molecule has 0 aromatic carbocycles. The first-order chi connectivity index (χ1) is 10.6. The van der Waals surface area contributed by atoms with Crippen molar-refractivity contribution in [2.45, 2.75) is 52.4 Å². The van der Waals surface area contributed by atoms with Crippen molar-refractivity contribution in [3.05, 3.63) is 0 Å². The van der Waals surface area contributed by atoms with Gasteiger partial charge in [0, 0.05) is 33.2 Å². The Bertz CT molecular complexity index is 399. The molecule has 2 aliphatic heterocycles. The molecule has 2 rings (SSSR count). The summed E-state index contributed by atoms with van der Waals surface area (Å²) in [7, 11) is 1.81. The van der Waals surface area contributed by atoms with E-state index in [2.05, 4.69) is 29.1 Å². The number of nitrogens with one attached hydrogen (secondary N) is 1. The normalized spacial score (nSPS) is 26.4. The van der Waals surface area contributed by atoms with Crippen molar-refractivity contribution >= 4 is 11.9 Å². The molecular formula is C17H32N4O. The smallest absolute Gasteiger partial charge is 0.241 e. The molecular weight excluding hydrogens is 276 g/mol. The highest BCUT2D eigenvalue weighted by molar-refractivity contribution is 5.86. The molecule has 2 heterocycles. The van der Waals surface area contributed by atoms with Gasteiger partial charge in [-0.25, -0.2) is 0 Å². The standard InChI is InChI=1S/C17H32N4O/c1-4-8-17(2)9-7-12-21(14-17)16(18-3)19-13-15(22)20-10-5-6-11-20/h4-14H2,1-3H3,(H,18,19). The number of nitrogens with zero attached hydrogens (tertiary/aromatic N) is 3. The van der Waals surface area contributed by atoms with Crippen molar-refractivity contribution in [1.29, 1.82) is 0 Å². The van der Waals surface area contributed by atoms with E-state index in [0.29, 0.717) is 12.0 Å². The Morgan fingerprint density at radius 3 is 2.50 bits per heavy atom. The molecule has 0 aromatic rings. The van der Waals surface area contributed by atoms with E-state index in [4.69, 9.17) is 0 Å². The van der Waals surface area contributed by atoms with E-state index in [1.807, 2.05) is 11.9 Å². The van der Waals surface area contributed by atoms with Gasteiger partial charge < -0.3 is 15.1 Å². The molecule has 126 valence electrons. The SMILES string of the molecule is CCCC1(C)CCCN(C(=NC)NCC(=O)N2CCCC2)C1. The fraction of sp³-hybridized carbons (Fsp3) is 0.882. The van der Waals surface area contributed by atoms with Gasteiger partial charge in [-0.15, -0.1) is 0 Å². The van der Waals surface area contributed by atoms with Gasteiger partial charge in [0.05, 0.1) is 6.54 Å². The van der Waals surface area contributed by atoms with Crippen molar-refractivity contribution in [3.8, 4) is 0 Å². The zero-order valence-corrected chi connectivity index (χ0v) is 14.5. The number of piperidine rings is 1. The van der Waals surface area contributed by atoms with E-state index in [9.17, 15) is 4.79 Å². The van der Waals surface area contributed by atoms with Crippen LogP contribution >= 0.6 is 0 Å². The number of likely N-dealkylation sites (tertiary alicyclic amines) is 2. The molecule has 0 bridgehead atoms. The van der Waals surface area contributed by atoms with Gasteiger partial charge in [-0.2, -0.15) is 0 Å². The summed E-state index contributed by atoms with van der Waals surface area (Å²) in [5, 5.41) is 3.28. The number of amides is 1. The lowest BCUT2D eigenvalue weighted by Crippen LogP contribution is -2.51. The average Bonchev–Trinajstić information content (AvgIpc) is 3.02. The van der Waals surface area contributed by atoms with Crippen LogP contribution in [-0.2, 0) is 4.79 Å². The first-order valence-corrected chi connectivity index (χ1v) is 8.81. The summed E-state index contributed by atoms with van der Waals surface area (Å²) in [5.41, 5.74) is 0.379. The third-order valence-corrected chi connectivity index (χ3v) is 5.00. The number of aliphatic imine (C=N–C) groups is 1. The first kappa shape index (κ1) is 17.1. The van der Waals surface area contributed by atoms with E-state index in [0.717, 1.165) is 45.0 Å². The van der Waals surface area contributed by atoms with Gasteiger partial charge in [-0.1, -0.05) is 20.3 Å². The van der Waals surface area contributed by atoms with Gasteiger partial charge in [0.2, 0.25) is 5.91 Å². The number of carbonyl (C=O) groups excluding carboxylic acids is 1. The first-order valence-electron chi connectivity index (χ1n) is 8.81. The fourth-order valence-corrected chi connectivity index (χ4v) is 3.87. The van der Waals surface area contributed by atoms with E-state index in [1.54, 1.807) is 0 Å². The molecule has 2 aliphatic rings. The molecule has 2 fully saturated rings. The van der Waals surface area contributed by atoms with Crippen molar-refractivity contribution < 1.29 is 4.79 Å². The van der Waals surface area contributed by atoms with Crippen LogP contribution in [0.1, 0.15) is 52.4 Å². The Labute approximate surface area is 135 Å². The maximum absolute atomic E-state index is 12.2. The Morgan fingerprint density at radius 1 is 1.18 bits per heavy atom. The van der Waals surface area contributed by atoms with E-state index < -0.39 is 0 Å². The van der Waals surface area contributed by atoms with Crippen molar-refractivity contribution in [1.82, 2.24) is 15.1 Å². The number of rotatable bonds is 4. The van der Waals surface area contributed by atoms with Gasteiger partial charge in [0.25, 0.3) is 0 Å². The van der Waals surface area contributed by atoms with Crippen molar-refractivity contribution in [2.24, 2.45) is 10.4 Å². The molecule has 5 nitrogen and oxygen atoms in total. The van der Waals surface area contributed by atoms with Crippen LogP contribution in [0.5, 0.6) is 0 Å². The molecule has 0 aliphatic carbocycles. The van der Waals surface area contributed by atoms with Crippen LogP contribution < -0.4 is 5.32 Å². The average molecular weight is 308 g/mol. The highest BCUT2D eigenvalue weighted by Crippen LogP contribution is 2.33. The lowest BCUT2D eigenvalue weighted by atomic mass is 9.78. The fourth-order valence-electron chi connectivity index (χ4n) is 3.87.